The number of nitrogens with one attached hydrogen (secondary N) is 3. The summed E-state index contributed by atoms with van der Waals surface area (Å²) in [7, 11) is 0. The fourth-order valence-corrected chi connectivity index (χ4v) is 4.80. The number of benzene rings is 3. The number of hydrogen-bond acceptors (Lipinski definition) is 6. The van der Waals surface area contributed by atoms with Crippen LogP contribution in [0, 0.1) is 20.8 Å². The van der Waals surface area contributed by atoms with Crippen LogP contribution in [0.4, 0.5) is 10.5 Å². The molecule has 0 aliphatic carbocycles. The molecule has 0 saturated carbocycles. The van der Waals surface area contributed by atoms with Crippen molar-refractivity contribution >= 4 is 35.8 Å². The van der Waals surface area contributed by atoms with Crippen LogP contribution in [0.15, 0.2) is 65.6 Å². The van der Waals surface area contributed by atoms with Crippen molar-refractivity contribution in [3.8, 4) is 11.1 Å². The van der Waals surface area contributed by atoms with E-state index in [1.807, 2.05) is 76.2 Å². The molecule has 0 aliphatic heterocycles. The van der Waals surface area contributed by atoms with E-state index < -0.39 is 12.0 Å². The van der Waals surface area contributed by atoms with Crippen LogP contribution in [0.5, 0.6) is 0 Å². The molecule has 1 atom stereocenters. The van der Waals surface area contributed by atoms with E-state index in [2.05, 4.69) is 34.4 Å². The van der Waals surface area contributed by atoms with Crippen LogP contribution < -0.4 is 15.4 Å². The Balaban J connectivity index is 0.00000161. The van der Waals surface area contributed by atoms with E-state index in [4.69, 9.17) is 9.59 Å². The van der Waals surface area contributed by atoms with Gasteiger partial charge in [0.05, 0.1) is 0 Å². The Hall–Kier alpha value is -3.91. The van der Waals surface area contributed by atoms with Crippen LogP contribution in [0.2, 0.25) is 0 Å². The summed E-state index contributed by atoms with van der Waals surface area (Å²) in [5.74, 6) is -0.887. The van der Waals surface area contributed by atoms with Gasteiger partial charge in [0.2, 0.25) is 0 Å². The first-order valence-electron chi connectivity index (χ1n) is 12.0. The van der Waals surface area contributed by atoms with Crippen LogP contribution in [0.3, 0.4) is 0 Å². The van der Waals surface area contributed by atoms with Gasteiger partial charge in [-0.15, -0.1) is 0 Å². The lowest BCUT2D eigenvalue weighted by Gasteiger charge is -2.17. The molecule has 38 heavy (non-hydrogen) atoms. The van der Waals surface area contributed by atoms with Gasteiger partial charge in [-0.25, -0.2) is 9.52 Å². The maximum absolute atomic E-state index is 12.0. The van der Waals surface area contributed by atoms with E-state index in [9.17, 15) is 14.7 Å². The zero-order valence-corrected chi connectivity index (χ0v) is 22.9. The highest BCUT2D eigenvalue weighted by Gasteiger charge is 2.19. The number of carbonyl (C=O) groups is 2. The summed E-state index contributed by atoms with van der Waals surface area (Å²) < 4.78 is 3.14. The van der Waals surface area contributed by atoms with Crippen LogP contribution in [0.25, 0.3) is 11.1 Å². The molecular weight excluding hydrogens is 502 g/mol. The lowest BCUT2D eigenvalue weighted by atomic mass is 10.0. The van der Waals surface area contributed by atoms with Gasteiger partial charge in [-0.1, -0.05) is 54.1 Å². The van der Waals surface area contributed by atoms with Crippen LogP contribution >= 0.6 is 11.9 Å². The van der Waals surface area contributed by atoms with Gasteiger partial charge >= 0.3 is 18.2 Å². The Labute approximate surface area is 227 Å². The van der Waals surface area contributed by atoms with Gasteiger partial charge in [0.1, 0.15) is 6.04 Å². The zero-order chi connectivity index (χ0) is 28.2. The molecule has 200 valence electrons. The van der Waals surface area contributed by atoms with Crippen molar-refractivity contribution in [3.05, 3.63) is 82.9 Å². The number of hydrogen-bond donors (Lipinski definition) is 4. The average Bonchev–Trinajstić information content (AvgIpc) is 2.83. The van der Waals surface area contributed by atoms with Crippen molar-refractivity contribution in [2.75, 3.05) is 5.32 Å². The Kier molecular flexibility index (Phi) is 11.8. The van der Waals surface area contributed by atoms with Crippen molar-refractivity contribution in [3.63, 3.8) is 0 Å². The fraction of sp³-hybridized carbons (Fsp3) is 0.276. The summed E-state index contributed by atoms with van der Waals surface area (Å²) in [6.07, 6.45) is 0.615. The van der Waals surface area contributed by atoms with E-state index in [1.165, 1.54) is 17.5 Å². The lowest BCUT2D eigenvalue weighted by Crippen LogP contribution is -2.34. The summed E-state index contributed by atoms with van der Waals surface area (Å²) >= 11 is 1.38. The third kappa shape index (κ3) is 9.52. The first-order chi connectivity index (χ1) is 18.0. The first kappa shape index (κ1) is 30.3. The summed E-state index contributed by atoms with van der Waals surface area (Å²) in [5.41, 5.74) is 7.04. The number of carbonyl (C=O) groups excluding carboxylic acids is 3. The molecule has 1 unspecified atom stereocenters. The molecular formula is C29H33N3O5S. The second kappa shape index (κ2) is 14.7. The molecule has 3 aromatic rings. The van der Waals surface area contributed by atoms with Crippen molar-refractivity contribution < 1.29 is 24.3 Å². The minimum atomic E-state index is -0.887. The Bertz CT molecular complexity index is 1260. The van der Waals surface area contributed by atoms with Gasteiger partial charge in [0, 0.05) is 16.6 Å². The highest BCUT2D eigenvalue weighted by molar-refractivity contribution is 7.97. The number of rotatable bonds is 9. The third-order valence-electron chi connectivity index (χ3n) is 5.47. The summed E-state index contributed by atoms with van der Waals surface area (Å²) in [4.78, 5) is 41.2. The molecule has 0 aromatic heterocycles. The smallest absolute Gasteiger partial charge is 0.373 e. The molecule has 2 amide bonds. The number of urea groups is 1. The molecule has 0 bridgehead atoms. The second-order valence-corrected chi connectivity index (χ2v) is 10.0. The summed E-state index contributed by atoms with van der Waals surface area (Å²) in [5, 5.41) is 15.4. The number of carboxylic acid groups (broad SMARTS) is 1. The number of carboxylic acids is 1. The van der Waals surface area contributed by atoms with Gasteiger partial charge in [-0.3, -0.25) is 4.79 Å². The van der Waals surface area contributed by atoms with Crippen molar-refractivity contribution in [2.45, 2.75) is 58.0 Å². The molecule has 4 N–H and O–H groups in total. The topological polar surface area (TPSA) is 125 Å². The second-order valence-electron chi connectivity index (χ2n) is 9.16. The lowest BCUT2D eigenvalue weighted by molar-refractivity contribution is -0.191. The SMILES string of the molecule is Cc1cc(C)c(SNC(Cc2ccc(-c3cccc(NC(=O)NC(C)C)c3)cc2)C(=O)O)c(C)c1.O=C=O. The predicted octanol–water partition coefficient (Wildman–Crippen LogP) is 5.52. The quantitative estimate of drug-likeness (QED) is 0.266. The largest absolute Gasteiger partial charge is 0.480 e. The van der Waals surface area contributed by atoms with Crippen LogP contribution in [-0.4, -0.2) is 35.3 Å². The molecule has 3 aromatic carbocycles. The first-order valence-corrected chi connectivity index (χ1v) is 12.8. The maximum Gasteiger partial charge on any atom is 0.373 e. The highest BCUT2D eigenvalue weighted by atomic mass is 32.2. The van der Waals surface area contributed by atoms with E-state index in [1.54, 1.807) is 0 Å². The third-order valence-corrected chi connectivity index (χ3v) is 6.72. The predicted molar refractivity (Wildman–Crippen MR) is 149 cm³/mol. The minimum Gasteiger partial charge on any atom is -0.480 e. The van der Waals surface area contributed by atoms with Crippen molar-refractivity contribution in [2.24, 2.45) is 0 Å². The summed E-state index contributed by atoms with van der Waals surface area (Å²) in [6.45, 7) is 9.96. The van der Waals surface area contributed by atoms with Gasteiger partial charge in [0.15, 0.2) is 0 Å². The molecule has 0 radical (unpaired) electrons. The molecule has 0 aliphatic rings. The number of anilines is 1. The van der Waals surface area contributed by atoms with Gasteiger partial charge < -0.3 is 15.7 Å². The minimum absolute atomic E-state index is 0.0539. The molecule has 8 nitrogen and oxygen atoms in total. The van der Waals surface area contributed by atoms with Gasteiger partial charge in [-0.2, -0.15) is 9.59 Å². The normalized spacial score (nSPS) is 11.1. The van der Waals surface area contributed by atoms with Crippen molar-refractivity contribution in [1.29, 1.82) is 0 Å². The monoisotopic (exact) mass is 535 g/mol. The Morgan fingerprint density at radius 1 is 0.921 bits per heavy atom. The fourth-order valence-electron chi connectivity index (χ4n) is 3.91. The number of amides is 2. The molecule has 0 saturated heterocycles. The molecule has 0 heterocycles. The molecule has 0 fully saturated rings. The Morgan fingerprint density at radius 2 is 1.53 bits per heavy atom. The maximum atomic E-state index is 12.0. The Morgan fingerprint density at radius 3 is 2.08 bits per heavy atom. The van der Waals surface area contributed by atoms with Crippen LogP contribution in [0.1, 0.15) is 36.1 Å². The summed E-state index contributed by atoms with van der Waals surface area (Å²) in [6, 6.07) is 18.8. The van der Waals surface area contributed by atoms with Gasteiger partial charge in [-0.05, 0) is 92.9 Å². The van der Waals surface area contributed by atoms with E-state index in [0.29, 0.717) is 12.1 Å². The zero-order valence-electron chi connectivity index (χ0n) is 22.1. The average molecular weight is 536 g/mol. The van der Waals surface area contributed by atoms with E-state index >= 15 is 0 Å². The van der Waals surface area contributed by atoms with Crippen LogP contribution in [-0.2, 0) is 20.8 Å². The number of aryl methyl sites for hydroxylation is 3. The number of aliphatic carboxylic acids is 1. The van der Waals surface area contributed by atoms with E-state index in [0.717, 1.165) is 32.7 Å². The highest BCUT2D eigenvalue weighted by Crippen LogP contribution is 2.27. The molecule has 9 heteroatoms. The standard InChI is InChI=1S/C28H33N3O3S.CO2/c1-17(2)29-28(34)30-24-8-6-7-23(16-24)22-11-9-21(10-12-22)15-25(27(32)33)31-35-26-19(4)13-18(3)14-20(26)5;2-1-3/h6-14,16-17,25,31H,15H2,1-5H3,(H,32,33)(H2,29,30,34);. The molecule has 0 spiro atoms. The van der Waals surface area contributed by atoms with E-state index in [-0.39, 0.29) is 18.2 Å². The van der Waals surface area contributed by atoms with Crippen molar-refractivity contribution in [1.82, 2.24) is 10.0 Å². The van der Waals surface area contributed by atoms with Gasteiger partial charge in [0.25, 0.3) is 0 Å². The molecule has 3 rings (SSSR count).